The smallest absolute Gasteiger partial charge is 0.0110 e. The summed E-state index contributed by atoms with van der Waals surface area (Å²) in [5, 5.41) is 0. The van der Waals surface area contributed by atoms with Crippen molar-refractivity contribution >= 4 is 15.9 Å². The highest BCUT2D eigenvalue weighted by Crippen LogP contribution is 1.69. The van der Waals surface area contributed by atoms with Crippen LogP contribution in [0, 0.1) is 10.8 Å². The van der Waals surface area contributed by atoms with Crippen molar-refractivity contribution in [3.8, 4) is 10.8 Å². The Kier molecular flexibility index (Phi) is 4.60. The molecule has 0 nitrogen and oxygen atoms in total. The Morgan fingerprint density at radius 2 is 2.33 bits per heavy atom. The molecular weight excluding hydrogens is 140 g/mol. The van der Waals surface area contributed by atoms with Crippen LogP contribution < -0.4 is 0 Å². The van der Waals surface area contributed by atoms with Crippen LogP contribution in [-0.2, 0) is 0 Å². The van der Waals surface area contributed by atoms with Gasteiger partial charge < -0.3 is 0 Å². The number of hydrogen-bond donors (Lipinski definition) is 0. The zero-order chi connectivity index (χ0) is 4.83. The summed E-state index contributed by atoms with van der Waals surface area (Å²) in [5.74, 6) is 2.68. The highest BCUT2D eigenvalue weighted by Gasteiger charge is 1.46. The molecule has 0 amide bonds. The van der Waals surface area contributed by atoms with Gasteiger partial charge in [0.15, 0.2) is 0 Å². The van der Waals surface area contributed by atoms with Crippen LogP contribution in [0.4, 0.5) is 0 Å². The SMILES string of the molecule is CC=CC#CBr. The van der Waals surface area contributed by atoms with Gasteiger partial charge in [0.1, 0.15) is 0 Å². The van der Waals surface area contributed by atoms with Crippen LogP contribution in [0.5, 0.6) is 0 Å². The molecule has 0 unspecified atom stereocenters. The summed E-state index contributed by atoms with van der Waals surface area (Å²) in [6.45, 7) is 1.93. The van der Waals surface area contributed by atoms with Crippen LogP contribution >= 0.6 is 15.9 Å². The highest BCUT2D eigenvalue weighted by molar-refractivity contribution is 9.12. The third-order valence-corrected chi connectivity index (χ3v) is 0.533. The zero-order valence-electron chi connectivity index (χ0n) is 3.53. The monoisotopic (exact) mass is 144 g/mol. The molecule has 0 aromatic rings. The van der Waals surface area contributed by atoms with Gasteiger partial charge in [-0.15, -0.1) is 0 Å². The maximum atomic E-state index is 2.94. The molecule has 0 fully saturated rings. The molecule has 0 heterocycles. The van der Waals surface area contributed by atoms with Gasteiger partial charge in [0, 0.05) is 15.9 Å². The molecular formula is C5H5Br. The van der Waals surface area contributed by atoms with E-state index in [2.05, 4.69) is 26.7 Å². The summed E-state index contributed by atoms with van der Waals surface area (Å²) in [4.78, 5) is 2.54. The predicted molar refractivity (Wildman–Crippen MR) is 31.5 cm³/mol. The quantitative estimate of drug-likeness (QED) is 0.456. The Morgan fingerprint density at radius 3 is 2.50 bits per heavy atom. The Morgan fingerprint density at radius 1 is 1.67 bits per heavy atom. The first-order valence-electron chi connectivity index (χ1n) is 1.64. The lowest BCUT2D eigenvalue weighted by molar-refractivity contribution is 1.76. The Labute approximate surface area is 46.4 Å². The van der Waals surface area contributed by atoms with Crippen molar-refractivity contribution in [2.24, 2.45) is 0 Å². The van der Waals surface area contributed by atoms with Crippen molar-refractivity contribution in [1.29, 1.82) is 0 Å². The van der Waals surface area contributed by atoms with Gasteiger partial charge in [-0.3, -0.25) is 0 Å². The van der Waals surface area contributed by atoms with E-state index >= 15 is 0 Å². The van der Waals surface area contributed by atoms with Crippen LogP contribution in [0.3, 0.4) is 0 Å². The summed E-state index contributed by atoms with van der Waals surface area (Å²) in [5.41, 5.74) is 0. The molecule has 6 heavy (non-hydrogen) atoms. The van der Waals surface area contributed by atoms with Crippen LogP contribution in [0.2, 0.25) is 0 Å². The lowest BCUT2D eigenvalue weighted by Crippen LogP contribution is -1.38. The molecule has 0 radical (unpaired) electrons. The lowest BCUT2D eigenvalue weighted by atomic mass is 10.6. The number of halogens is 1. The summed E-state index contributed by atoms with van der Waals surface area (Å²) in [6.07, 6.45) is 3.66. The third kappa shape index (κ3) is 3.78. The maximum absolute atomic E-state index is 2.94. The molecule has 0 aromatic heterocycles. The molecule has 0 bridgehead atoms. The second kappa shape index (κ2) is 4.78. The van der Waals surface area contributed by atoms with Gasteiger partial charge in [0.05, 0.1) is 0 Å². The van der Waals surface area contributed by atoms with Crippen molar-refractivity contribution in [3.05, 3.63) is 12.2 Å². The van der Waals surface area contributed by atoms with Crippen molar-refractivity contribution < 1.29 is 0 Å². The van der Waals surface area contributed by atoms with Crippen LogP contribution in [-0.4, -0.2) is 0 Å². The summed E-state index contributed by atoms with van der Waals surface area (Å²) in [6, 6.07) is 0. The van der Waals surface area contributed by atoms with E-state index in [-0.39, 0.29) is 0 Å². The topological polar surface area (TPSA) is 0 Å². The average molecular weight is 145 g/mol. The van der Waals surface area contributed by atoms with E-state index in [1.807, 2.05) is 13.0 Å². The minimum absolute atomic E-state index is 1.77. The minimum atomic E-state index is 1.77. The van der Waals surface area contributed by atoms with E-state index in [0.29, 0.717) is 0 Å². The Balaban J connectivity index is 3.24. The first kappa shape index (κ1) is 5.78. The molecule has 0 N–H and O–H groups in total. The molecule has 0 spiro atoms. The van der Waals surface area contributed by atoms with E-state index in [1.165, 1.54) is 0 Å². The number of allylic oxidation sites excluding steroid dienone is 2. The van der Waals surface area contributed by atoms with E-state index in [0.717, 1.165) is 0 Å². The van der Waals surface area contributed by atoms with E-state index in [4.69, 9.17) is 0 Å². The van der Waals surface area contributed by atoms with Gasteiger partial charge in [-0.05, 0) is 17.8 Å². The Hall–Kier alpha value is -0.220. The molecule has 0 aliphatic carbocycles. The molecule has 0 aromatic carbocycles. The molecule has 0 aliphatic rings. The normalized spacial score (nSPS) is 7.67. The molecule has 0 saturated carbocycles. The van der Waals surface area contributed by atoms with Crippen LogP contribution in [0.1, 0.15) is 6.92 Å². The van der Waals surface area contributed by atoms with Gasteiger partial charge in [-0.2, -0.15) is 0 Å². The van der Waals surface area contributed by atoms with Crippen LogP contribution in [0.25, 0.3) is 0 Å². The molecule has 0 saturated heterocycles. The van der Waals surface area contributed by atoms with Gasteiger partial charge in [-0.25, -0.2) is 0 Å². The summed E-state index contributed by atoms with van der Waals surface area (Å²) < 4.78 is 0. The van der Waals surface area contributed by atoms with E-state index < -0.39 is 0 Å². The molecule has 0 aliphatic heterocycles. The zero-order valence-corrected chi connectivity index (χ0v) is 5.12. The van der Waals surface area contributed by atoms with Gasteiger partial charge >= 0.3 is 0 Å². The molecule has 0 rings (SSSR count). The molecule has 1 heteroatoms. The van der Waals surface area contributed by atoms with Crippen molar-refractivity contribution in [2.45, 2.75) is 6.92 Å². The fraction of sp³-hybridized carbons (Fsp3) is 0.200. The maximum Gasteiger partial charge on any atom is 0.0110 e. The minimum Gasteiger partial charge on any atom is -0.0793 e. The first-order chi connectivity index (χ1) is 2.91. The fourth-order valence-electron chi connectivity index (χ4n) is 0.115. The predicted octanol–water partition coefficient (Wildman–Crippen LogP) is 1.92. The van der Waals surface area contributed by atoms with Crippen molar-refractivity contribution in [1.82, 2.24) is 0 Å². The summed E-state index contributed by atoms with van der Waals surface area (Å²) >= 11 is 2.94. The molecule has 0 atom stereocenters. The Bertz CT molecular complexity index is 92.2. The van der Waals surface area contributed by atoms with E-state index in [1.54, 1.807) is 6.08 Å². The first-order valence-corrected chi connectivity index (χ1v) is 2.43. The fourth-order valence-corrected chi connectivity index (χ4v) is 0.247. The van der Waals surface area contributed by atoms with Crippen molar-refractivity contribution in [3.63, 3.8) is 0 Å². The number of rotatable bonds is 0. The standard InChI is InChI=1S/C5H5Br/c1-2-3-4-5-6/h2-3H,1H3. The second-order valence-electron chi connectivity index (χ2n) is 0.739. The van der Waals surface area contributed by atoms with Gasteiger partial charge in [0.2, 0.25) is 0 Å². The third-order valence-electron chi connectivity index (χ3n) is 0.305. The summed E-state index contributed by atoms with van der Waals surface area (Å²) in [7, 11) is 0. The highest BCUT2D eigenvalue weighted by atomic mass is 79.9. The number of hydrogen-bond acceptors (Lipinski definition) is 0. The van der Waals surface area contributed by atoms with Crippen molar-refractivity contribution in [2.75, 3.05) is 0 Å². The largest absolute Gasteiger partial charge is 0.0793 e. The lowest BCUT2D eigenvalue weighted by Gasteiger charge is -1.54. The average Bonchev–Trinajstić information content (AvgIpc) is 1.61. The van der Waals surface area contributed by atoms with E-state index in [9.17, 15) is 0 Å². The molecule has 32 valence electrons. The van der Waals surface area contributed by atoms with Gasteiger partial charge in [-0.1, -0.05) is 12.0 Å². The second-order valence-corrected chi connectivity index (χ2v) is 1.14. The van der Waals surface area contributed by atoms with Gasteiger partial charge in [0.25, 0.3) is 0 Å². The van der Waals surface area contributed by atoms with Crippen LogP contribution in [0.15, 0.2) is 12.2 Å².